The van der Waals surface area contributed by atoms with Gasteiger partial charge in [-0.05, 0) is 35.0 Å². The smallest absolute Gasteiger partial charge is 0.422 e. The second kappa shape index (κ2) is 4.95. The highest BCUT2D eigenvalue weighted by Gasteiger charge is 2.28. The summed E-state index contributed by atoms with van der Waals surface area (Å²) in [5.74, 6) is -0.0395. The van der Waals surface area contributed by atoms with Crippen LogP contribution >= 0.6 is 0 Å². The van der Waals surface area contributed by atoms with Crippen molar-refractivity contribution in [2.75, 3.05) is 6.61 Å². The zero-order valence-electron chi connectivity index (χ0n) is 9.89. The van der Waals surface area contributed by atoms with Crippen LogP contribution < -0.4 is 4.74 Å². The third kappa shape index (κ3) is 3.61. The number of ether oxygens (including phenoxy) is 1. The number of alkyl halides is 3. The quantitative estimate of drug-likeness (QED) is 0.885. The summed E-state index contributed by atoms with van der Waals surface area (Å²) < 4.78 is 71.6. The van der Waals surface area contributed by atoms with Crippen LogP contribution in [0.5, 0.6) is 5.75 Å². The Kier molecular flexibility index (Phi) is 3.61. The van der Waals surface area contributed by atoms with Gasteiger partial charge >= 0.3 is 6.18 Å². The maximum Gasteiger partial charge on any atom is 0.422 e. The summed E-state index contributed by atoms with van der Waals surface area (Å²) in [7, 11) is -4.36. The van der Waals surface area contributed by atoms with Gasteiger partial charge in [-0.15, -0.1) is 0 Å². The molecule has 2 aromatic carbocycles. The highest BCUT2D eigenvalue weighted by atomic mass is 32.2. The molecule has 8 heteroatoms. The van der Waals surface area contributed by atoms with Crippen LogP contribution in [0.4, 0.5) is 13.2 Å². The Balaban J connectivity index is 2.37. The average Bonchev–Trinajstić information content (AvgIpc) is 2.33. The van der Waals surface area contributed by atoms with Crippen LogP contribution in [0.25, 0.3) is 10.8 Å². The molecule has 0 bridgehead atoms. The Morgan fingerprint density at radius 1 is 1.05 bits per heavy atom. The highest BCUT2D eigenvalue weighted by molar-refractivity contribution is 7.85. The fourth-order valence-corrected chi connectivity index (χ4v) is 2.13. The molecule has 0 radical (unpaired) electrons. The number of hydrogen-bond acceptors (Lipinski definition) is 3. The van der Waals surface area contributed by atoms with Crippen molar-refractivity contribution in [2.24, 2.45) is 0 Å². The van der Waals surface area contributed by atoms with E-state index in [4.69, 9.17) is 4.55 Å². The second-order valence-corrected chi connectivity index (χ2v) is 5.47. The van der Waals surface area contributed by atoms with Gasteiger partial charge in [0.1, 0.15) is 5.75 Å². The molecule has 0 aromatic heterocycles. The summed E-state index contributed by atoms with van der Waals surface area (Å²) in [5, 5.41) is 0.955. The minimum Gasteiger partial charge on any atom is -0.484 e. The largest absolute Gasteiger partial charge is 0.484 e. The van der Waals surface area contributed by atoms with E-state index in [0.717, 1.165) is 6.07 Å². The van der Waals surface area contributed by atoms with E-state index in [2.05, 4.69) is 4.74 Å². The van der Waals surface area contributed by atoms with E-state index in [9.17, 15) is 21.6 Å². The number of fused-ring (bicyclic) bond motifs is 1. The predicted molar refractivity (Wildman–Crippen MR) is 65.3 cm³/mol. The van der Waals surface area contributed by atoms with E-state index in [-0.39, 0.29) is 10.6 Å². The van der Waals surface area contributed by atoms with Gasteiger partial charge in [0, 0.05) is 0 Å². The molecule has 2 rings (SSSR count). The molecule has 0 saturated heterocycles. The van der Waals surface area contributed by atoms with Crippen molar-refractivity contribution in [3.63, 3.8) is 0 Å². The normalized spacial score (nSPS) is 12.6. The first-order chi connectivity index (χ1) is 9.15. The van der Waals surface area contributed by atoms with E-state index < -0.39 is 22.9 Å². The Bertz CT molecular complexity index is 738. The first kappa shape index (κ1) is 14.6. The van der Waals surface area contributed by atoms with Gasteiger partial charge in [0.05, 0.1) is 4.90 Å². The summed E-state index contributed by atoms with van der Waals surface area (Å²) in [6.45, 7) is -1.43. The molecule has 0 atom stereocenters. The number of halogens is 3. The maximum atomic E-state index is 12.0. The van der Waals surface area contributed by atoms with E-state index >= 15 is 0 Å². The minimum absolute atomic E-state index is 0.0395. The monoisotopic (exact) mass is 306 g/mol. The molecule has 0 amide bonds. The minimum atomic E-state index is -4.45. The molecule has 4 nitrogen and oxygen atoms in total. The molecule has 0 spiro atoms. The molecule has 20 heavy (non-hydrogen) atoms. The summed E-state index contributed by atoms with van der Waals surface area (Å²) >= 11 is 0. The standard InChI is InChI=1S/C12H9F3O4S/c13-12(14,15)7-19-10-3-1-8-2-4-11(20(16,17)18)6-9(8)5-10/h1-6H,7H2,(H,16,17,18). The van der Waals surface area contributed by atoms with Gasteiger partial charge in [0.15, 0.2) is 6.61 Å². The van der Waals surface area contributed by atoms with Crippen LogP contribution in [-0.4, -0.2) is 25.8 Å². The van der Waals surface area contributed by atoms with Crippen LogP contribution in [0, 0.1) is 0 Å². The van der Waals surface area contributed by atoms with Crippen LogP contribution in [0.2, 0.25) is 0 Å². The number of benzene rings is 2. The molecule has 0 aliphatic carbocycles. The van der Waals surface area contributed by atoms with Gasteiger partial charge in [-0.1, -0.05) is 12.1 Å². The zero-order chi connectivity index (χ0) is 15.0. The van der Waals surface area contributed by atoms with Crippen molar-refractivity contribution < 1.29 is 30.9 Å². The van der Waals surface area contributed by atoms with Gasteiger partial charge in [0.2, 0.25) is 0 Å². The van der Waals surface area contributed by atoms with Crippen LogP contribution in [0.1, 0.15) is 0 Å². The topological polar surface area (TPSA) is 63.6 Å². The zero-order valence-corrected chi connectivity index (χ0v) is 10.7. The third-order valence-corrected chi connectivity index (χ3v) is 3.33. The fourth-order valence-electron chi connectivity index (χ4n) is 1.62. The Morgan fingerprint density at radius 2 is 1.70 bits per heavy atom. The van der Waals surface area contributed by atoms with Crippen molar-refractivity contribution in [3.05, 3.63) is 36.4 Å². The molecule has 2 aromatic rings. The first-order valence-corrected chi connectivity index (χ1v) is 6.80. The van der Waals surface area contributed by atoms with Crippen molar-refractivity contribution in [3.8, 4) is 5.75 Å². The van der Waals surface area contributed by atoms with Crippen molar-refractivity contribution in [2.45, 2.75) is 11.1 Å². The lowest BCUT2D eigenvalue weighted by molar-refractivity contribution is -0.153. The van der Waals surface area contributed by atoms with Gasteiger partial charge in [-0.25, -0.2) is 0 Å². The SMILES string of the molecule is O=S(=O)(O)c1ccc2ccc(OCC(F)(F)F)cc2c1. The van der Waals surface area contributed by atoms with Crippen molar-refractivity contribution >= 4 is 20.9 Å². The number of rotatable bonds is 3. The molecular weight excluding hydrogens is 297 g/mol. The van der Waals surface area contributed by atoms with Crippen molar-refractivity contribution in [1.29, 1.82) is 0 Å². The van der Waals surface area contributed by atoms with Gasteiger partial charge in [-0.3, -0.25) is 4.55 Å². The molecule has 0 saturated carbocycles. The van der Waals surface area contributed by atoms with Gasteiger partial charge in [0.25, 0.3) is 10.1 Å². The molecule has 0 unspecified atom stereocenters. The second-order valence-electron chi connectivity index (χ2n) is 4.05. The molecule has 1 N–H and O–H groups in total. The molecule has 108 valence electrons. The summed E-state index contributed by atoms with van der Waals surface area (Å²) in [5.41, 5.74) is 0. The van der Waals surface area contributed by atoms with E-state index in [1.165, 1.54) is 30.3 Å². The van der Waals surface area contributed by atoms with Gasteiger partial charge < -0.3 is 4.74 Å². The predicted octanol–water partition coefficient (Wildman–Crippen LogP) is 3.03. The highest BCUT2D eigenvalue weighted by Crippen LogP contribution is 2.25. The summed E-state index contributed by atoms with van der Waals surface area (Å²) in [6.07, 6.45) is -4.45. The fraction of sp³-hybridized carbons (Fsp3) is 0.167. The molecular formula is C12H9F3O4S. The third-order valence-electron chi connectivity index (χ3n) is 2.48. The summed E-state index contributed by atoms with van der Waals surface area (Å²) in [4.78, 5) is -0.335. The van der Waals surface area contributed by atoms with E-state index in [0.29, 0.717) is 10.8 Å². The summed E-state index contributed by atoms with van der Waals surface area (Å²) in [6, 6.07) is 7.91. The Morgan fingerprint density at radius 3 is 2.30 bits per heavy atom. The molecule has 0 aliphatic heterocycles. The molecule has 0 heterocycles. The van der Waals surface area contributed by atoms with Gasteiger partial charge in [-0.2, -0.15) is 21.6 Å². The molecule has 0 fully saturated rings. The maximum absolute atomic E-state index is 12.0. The lowest BCUT2D eigenvalue weighted by Crippen LogP contribution is -2.19. The Hall–Kier alpha value is -1.80. The first-order valence-electron chi connectivity index (χ1n) is 5.36. The Labute approximate surface area is 112 Å². The van der Waals surface area contributed by atoms with E-state index in [1.54, 1.807) is 0 Å². The van der Waals surface area contributed by atoms with Crippen LogP contribution in [0.15, 0.2) is 41.3 Å². The lowest BCUT2D eigenvalue weighted by Gasteiger charge is -2.10. The lowest BCUT2D eigenvalue weighted by atomic mass is 10.1. The van der Waals surface area contributed by atoms with Crippen LogP contribution in [0.3, 0.4) is 0 Å². The average molecular weight is 306 g/mol. The van der Waals surface area contributed by atoms with Crippen molar-refractivity contribution in [1.82, 2.24) is 0 Å². The molecule has 0 aliphatic rings. The van der Waals surface area contributed by atoms with Crippen LogP contribution in [-0.2, 0) is 10.1 Å². The van der Waals surface area contributed by atoms with E-state index in [1.807, 2.05) is 0 Å². The number of hydrogen-bond donors (Lipinski definition) is 1.